The molecule has 0 heterocycles. The van der Waals surface area contributed by atoms with Gasteiger partial charge in [-0.3, -0.25) is 4.79 Å². The Bertz CT molecular complexity index is 1140. The Morgan fingerprint density at radius 1 is 0.824 bits per heavy atom. The van der Waals surface area contributed by atoms with Gasteiger partial charge < -0.3 is 20.1 Å². The van der Waals surface area contributed by atoms with Crippen LogP contribution in [0.4, 0.5) is 10.5 Å². The van der Waals surface area contributed by atoms with Crippen LogP contribution in [0.5, 0.6) is 0 Å². The lowest BCUT2D eigenvalue weighted by molar-refractivity contribution is -0.139. The van der Waals surface area contributed by atoms with Crippen LogP contribution < -0.4 is 10.6 Å². The second-order valence-corrected chi connectivity index (χ2v) is 9.01. The van der Waals surface area contributed by atoms with E-state index in [2.05, 4.69) is 28.8 Å². The monoisotopic (exact) mass is 460 g/mol. The second kappa shape index (κ2) is 11.4. The molecule has 0 atom stereocenters. The van der Waals surface area contributed by atoms with E-state index in [1.165, 1.54) is 7.11 Å². The molecule has 0 radical (unpaired) electrons. The van der Waals surface area contributed by atoms with Crippen molar-refractivity contribution in [1.29, 1.82) is 0 Å². The van der Waals surface area contributed by atoms with Crippen LogP contribution in [0, 0.1) is 0 Å². The van der Waals surface area contributed by atoms with Gasteiger partial charge in [-0.15, -0.1) is 0 Å². The number of benzene rings is 3. The zero-order valence-electron chi connectivity index (χ0n) is 20.2. The fraction of sp³-hybridized carbons (Fsp3) is 0.286. The first-order valence-electron chi connectivity index (χ1n) is 11.3. The summed E-state index contributed by atoms with van der Waals surface area (Å²) in [4.78, 5) is 23.7. The molecule has 0 bridgehead atoms. The van der Waals surface area contributed by atoms with E-state index in [1.54, 1.807) is 0 Å². The molecule has 6 nitrogen and oxygen atoms in total. The number of esters is 1. The van der Waals surface area contributed by atoms with Crippen LogP contribution in [-0.2, 0) is 33.8 Å². The zero-order chi connectivity index (χ0) is 24.6. The molecule has 0 fully saturated rings. The number of carbonyl (C=O) groups excluding carboxylic acids is 2. The summed E-state index contributed by atoms with van der Waals surface area (Å²) in [5.41, 5.74) is 5.54. The van der Waals surface area contributed by atoms with Crippen molar-refractivity contribution in [3.05, 3.63) is 89.5 Å². The second-order valence-electron chi connectivity index (χ2n) is 9.01. The number of carbonyl (C=O) groups is 2. The first-order chi connectivity index (χ1) is 16.2. The van der Waals surface area contributed by atoms with E-state index >= 15 is 0 Å². The van der Waals surface area contributed by atoms with Gasteiger partial charge in [-0.1, -0.05) is 54.6 Å². The molecule has 178 valence electrons. The van der Waals surface area contributed by atoms with Gasteiger partial charge in [0.15, 0.2) is 0 Å². The molecule has 0 aliphatic rings. The van der Waals surface area contributed by atoms with Gasteiger partial charge in [-0.2, -0.15) is 0 Å². The van der Waals surface area contributed by atoms with E-state index in [0.717, 1.165) is 33.5 Å². The van der Waals surface area contributed by atoms with Crippen molar-refractivity contribution in [3.63, 3.8) is 0 Å². The quantitative estimate of drug-likeness (QED) is 0.421. The van der Waals surface area contributed by atoms with Crippen LogP contribution in [0.1, 0.15) is 37.5 Å². The fourth-order valence-corrected chi connectivity index (χ4v) is 3.49. The van der Waals surface area contributed by atoms with Gasteiger partial charge in [0.2, 0.25) is 0 Å². The van der Waals surface area contributed by atoms with Crippen molar-refractivity contribution < 1.29 is 19.1 Å². The Labute approximate surface area is 201 Å². The summed E-state index contributed by atoms with van der Waals surface area (Å²) in [6.07, 6.45) is -0.185. The standard InChI is InChI=1S/C28H32N2O4/c1-28(2,3)34-27(32)30-18-20-9-7-12-21(15-20)22-13-8-14-25(16-22)29-19-24-11-6-5-10-23(24)17-26(31)33-4/h5-16,29H,17-19H2,1-4H3,(H,30,32). The third-order valence-electron chi connectivity index (χ3n) is 5.12. The van der Waals surface area contributed by atoms with Crippen LogP contribution in [0.3, 0.4) is 0 Å². The zero-order valence-corrected chi connectivity index (χ0v) is 20.2. The minimum Gasteiger partial charge on any atom is -0.469 e. The normalized spacial score (nSPS) is 10.9. The minimum absolute atomic E-state index is 0.249. The number of hydrogen-bond acceptors (Lipinski definition) is 5. The molecule has 3 aromatic carbocycles. The molecule has 2 N–H and O–H groups in total. The first kappa shape index (κ1) is 24.8. The Kier molecular flexibility index (Phi) is 8.30. The Hall–Kier alpha value is -3.80. The highest BCUT2D eigenvalue weighted by Gasteiger charge is 2.15. The fourth-order valence-electron chi connectivity index (χ4n) is 3.49. The van der Waals surface area contributed by atoms with Crippen molar-refractivity contribution in [2.24, 2.45) is 0 Å². The molecule has 0 aromatic heterocycles. The lowest BCUT2D eigenvalue weighted by Gasteiger charge is -2.19. The summed E-state index contributed by atoms with van der Waals surface area (Å²) in [7, 11) is 1.40. The third-order valence-corrected chi connectivity index (χ3v) is 5.12. The highest BCUT2D eigenvalue weighted by molar-refractivity contribution is 5.73. The van der Waals surface area contributed by atoms with E-state index < -0.39 is 11.7 Å². The molecule has 34 heavy (non-hydrogen) atoms. The van der Waals surface area contributed by atoms with Gasteiger partial charge in [0.1, 0.15) is 5.60 Å². The minimum atomic E-state index is -0.529. The third kappa shape index (κ3) is 7.66. The summed E-state index contributed by atoms with van der Waals surface area (Å²) in [5, 5.41) is 6.25. The highest BCUT2D eigenvalue weighted by atomic mass is 16.6. The van der Waals surface area contributed by atoms with E-state index in [4.69, 9.17) is 9.47 Å². The van der Waals surface area contributed by atoms with E-state index in [0.29, 0.717) is 13.1 Å². The maximum absolute atomic E-state index is 12.0. The smallest absolute Gasteiger partial charge is 0.407 e. The SMILES string of the molecule is COC(=O)Cc1ccccc1CNc1cccc(-c2cccc(CNC(=O)OC(C)(C)C)c2)c1. The van der Waals surface area contributed by atoms with Gasteiger partial charge in [-0.05, 0) is 66.8 Å². The number of hydrogen-bond donors (Lipinski definition) is 2. The average Bonchev–Trinajstić information content (AvgIpc) is 2.81. The number of methoxy groups -OCH3 is 1. The van der Waals surface area contributed by atoms with Gasteiger partial charge in [0, 0.05) is 18.8 Å². The summed E-state index contributed by atoms with van der Waals surface area (Å²) >= 11 is 0. The molecule has 0 aliphatic carbocycles. The van der Waals surface area contributed by atoms with E-state index in [9.17, 15) is 9.59 Å². The number of rotatable bonds is 8. The van der Waals surface area contributed by atoms with Crippen molar-refractivity contribution in [2.75, 3.05) is 12.4 Å². The van der Waals surface area contributed by atoms with Gasteiger partial charge in [-0.25, -0.2) is 4.79 Å². The Morgan fingerprint density at radius 2 is 1.50 bits per heavy atom. The molecule has 0 saturated heterocycles. The summed E-state index contributed by atoms with van der Waals surface area (Å²) < 4.78 is 10.1. The molecular formula is C28H32N2O4. The van der Waals surface area contributed by atoms with Gasteiger partial charge in [0.25, 0.3) is 0 Å². The lowest BCUT2D eigenvalue weighted by Crippen LogP contribution is -2.32. The number of alkyl carbamates (subject to hydrolysis) is 1. The molecule has 0 unspecified atom stereocenters. The van der Waals surface area contributed by atoms with Crippen molar-refractivity contribution >= 4 is 17.7 Å². The lowest BCUT2D eigenvalue weighted by atomic mass is 10.0. The number of amides is 1. The summed E-state index contributed by atoms with van der Waals surface area (Å²) in [6.45, 7) is 6.50. The average molecular weight is 461 g/mol. The van der Waals surface area contributed by atoms with Crippen LogP contribution >= 0.6 is 0 Å². The maximum Gasteiger partial charge on any atom is 0.407 e. The Balaban J connectivity index is 1.67. The number of anilines is 1. The summed E-state index contributed by atoms with van der Waals surface area (Å²) in [6, 6.07) is 24.1. The predicted octanol–water partition coefficient (Wildman–Crippen LogP) is 5.71. The molecular weight excluding hydrogens is 428 g/mol. The van der Waals surface area contributed by atoms with Crippen LogP contribution in [0.2, 0.25) is 0 Å². The summed E-state index contributed by atoms with van der Waals surface area (Å²) in [5.74, 6) is -0.254. The molecule has 6 heteroatoms. The van der Waals surface area contributed by atoms with Crippen LogP contribution in [-0.4, -0.2) is 24.8 Å². The molecule has 0 saturated carbocycles. The van der Waals surface area contributed by atoms with E-state index in [-0.39, 0.29) is 12.4 Å². The van der Waals surface area contributed by atoms with Gasteiger partial charge in [0.05, 0.1) is 13.5 Å². The van der Waals surface area contributed by atoms with Crippen molar-refractivity contribution in [2.45, 2.75) is 45.9 Å². The largest absolute Gasteiger partial charge is 0.469 e. The molecule has 3 rings (SSSR count). The highest BCUT2D eigenvalue weighted by Crippen LogP contribution is 2.24. The molecule has 0 spiro atoms. The molecule has 1 amide bonds. The molecule has 3 aromatic rings. The number of nitrogens with one attached hydrogen (secondary N) is 2. The van der Waals surface area contributed by atoms with Crippen LogP contribution in [0.15, 0.2) is 72.8 Å². The topological polar surface area (TPSA) is 76.7 Å². The van der Waals surface area contributed by atoms with Gasteiger partial charge >= 0.3 is 12.1 Å². The molecule has 0 aliphatic heterocycles. The van der Waals surface area contributed by atoms with Crippen molar-refractivity contribution in [3.8, 4) is 11.1 Å². The predicted molar refractivity (Wildman–Crippen MR) is 134 cm³/mol. The van der Waals surface area contributed by atoms with E-state index in [1.807, 2.05) is 75.4 Å². The van der Waals surface area contributed by atoms with Crippen molar-refractivity contribution in [1.82, 2.24) is 5.32 Å². The van der Waals surface area contributed by atoms with Crippen LogP contribution in [0.25, 0.3) is 11.1 Å². The number of ether oxygens (including phenoxy) is 2. The Morgan fingerprint density at radius 3 is 2.21 bits per heavy atom. The first-order valence-corrected chi connectivity index (χ1v) is 11.3. The maximum atomic E-state index is 12.0.